The van der Waals surface area contributed by atoms with Crippen LogP contribution < -0.4 is 4.74 Å². The molecule has 3 rings (SSSR count). The van der Waals surface area contributed by atoms with Gasteiger partial charge in [0.05, 0.1) is 6.61 Å². The van der Waals surface area contributed by atoms with Crippen molar-refractivity contribution in [3.8, 4) is 5.75 Å². The molecule has 100 valence electrons. The monoisotopic (exact) mass is 257 g/mol. The number of nitrogens with one attached hydrogen (secondary N) is 1. The van der Waals surface area contributed by atoms with Gasteiger partial charge in [-0.25, -0.2) is 0 Å². The lowest BCUT2D eigenvalue weighted by Crippen LogP contribution is -2.12. The van der Waals surface area contributed by atoms with E-state index in [1.807, 2.05) is 13.0 Å². The lowest BCUT2D eigenvalue weighted by Gasteiger charge is -2.20. The first-order valence-electron chi connectivity index (χ1n) is 7.03. The molecule has 1 aromatic carbocycles. The summed E-state index contributed by atoms with van der Waals surface area (Å²) in [5.41, 5.74) is 2.49. The van der Waals surface area contributed by atoms with Crippen LogP contribution in [-0.4, -0.2) is 17.4 Å². The molecule has 3 nitrogen and oxygen atoms in total. The molecular weight excluding hydrogens is 238 g/mol. The molecule has 0 amide bonds. The first kappa shape index (κ1) is 12.3. The number of benzene rings is 1. The van der Waals surface area contributed by atoms with E-state index in [0.717, 1.165) is 36.9 Å². The zero-order valence-electron chi connectivity index (χ0n) is 11.2. The van der Waals surface area contributed by atoms with Crippen LogP contribution in [0.4, 0.5) is 0 Å². The zero-order valence-corrected chi connectivity index (χ0v) is 11.2. The molecule has 0 radical (unpaired) electrons. The van der Waals surface area contributed by atoms with Crippen molar-refractivity contribution in [2.75, 3.05) is 6.61 Å². The fourth-order valence-electron chi connectivity index (χ4n) is 2.97. The van der Waals surface area contributed by atoms with Crippen molar-refractivity contribution in [3.05, 3.63) is 30.0 Å². The Bertz CT molecular complexity index is 590. The molecule has 19 heavy (non-hydrogen) atoms. The Balaban J connectivity index is 1.94. The maximum absolute atomic E-state index is 11.4. The van der Waals surface area contributed by atoms with E-state index in [-0.39, 0.29) is 0 Å². The van der Waals surface area contributed by atoms with E-state index < -0.39 is 0 Å². The second kappa shape index (κ2) is 5.08. The van der Waals surface area contributed by atoms with Crippen LogP contribution in [0.2, 0.25) is 0 Å². The van der Waals surface area contributed by atoms with Gasteiger partial charge in [0.25, 0.3) is 0 Å². The van der Waals surface area contributed by atoms with Gasteiger partial charge in [-0.2, -0.15) is 0 Å². The van der Waals surface area contributed by atoms with Crippen molar-refractivity contribution >= 4 is 16.7 Å². The Morgan fingerprint density at radius 2 is 2.11 bits per heavy atom. The maximum Gasteiger partial charge on any atom is 0.132 e. The third-order valence-corrected chi connectivity index (χ3v) is 3.98. The van der Waals surface area contributed by atoms with Gasteiger partial charge < -0.3 is 9.72 Å². The summed E-state index contributed by atoms with van der Waals surface area (Å²) in [6.45, 7) is 2.68. The minimum absolute atomic E-state index is 0.408. The standard InChI is InChI=1S/C16H19NO2/c1-2-19-13-7-8-16-14(9-13)15(10-17-16)11-3-5-12(18)6-4-11/h7-11,17H,2-6H2,1H3. The second-order valence-corrected chi connectivity index (χ2v) is 5.20. The molecule has 0 unspecified atom stereocenters. The molecule has 1 N–H and O–H groups in total. The Hall–Kier alpha value is -1.77. The number of fused-ring (bicyclic) bond motifs is 1. The third-order valence-electron chi connectivity index (χ3n) is 3.98. The van der Waals surface area contributed by atoms with Crippen LogP contribution in [0.3, 0.4) is 0 Å². The minimum Gasteiger partial charge on any atom is -0.494 e. The number of hydrogen-bond donors (Lipinski definition) is 1. The highest BCUT2D eigenvalue weighted by atomic mass is 16.5. The predicted molar refractivity (Wildman–Crippen MR) is 75.7 cm³/mol. The van der Waals surface area contributed by atoms with Crippen LogP contribution >= 0.6 is 0 Å². The normalized spacial score (nSPS) is 17.0. The molecule has 3 heteroatoms. The van der Waals surface area contributed by atoms with Crippen molar-refractivity contribution in [2.24, 2.45) is 0 Å². The fourth-order valence-corrected chi connectivity index (χ4v) is 2.97. The van der Waals surface area contributed by atoms with E-state index in [4.69, 9.17) is 4.74 Å². The summed E-state index contributed by atoms with van der Waals surface area (Å²) in [7, 11) is 0. The van der Waals surface area contributed by atoms with Crippen LogP contribution in [0.25, 0.3) is 10.9 Å². The minimum atomic E-state index is 0.408. The lowest BCUT2D eigenvalue weighted by atomic mass is 9.83. The maximum atomic E-state index is 11.4. The summed E-state index contributed by atoms with van der Waals surface area (Å²) in [5.74, 6) is 1.83. The van der Waals surface area contributed by atoms with Gasteiger partial charge >= 0.3 is 0 Å². The van der Waals surface area contributed by atoms with Gasteiger partial charge in [0.15, 0.2) is 0 Å². The van der Waals surface area contributed by atoms with Gasteiger partial charge in [-0.05, 0) is 49.4 Å². The average molecular weight is 257 g/mol. The SMILES string of the molecule is CCOc1ccc2[nH]cc(C3CCC(=O)CC3)c2c1. The number of aromatic nitrogens is 1. The molecule has 1 heterocycles. The van der Waals surface area contributed by atoms with Crippen LogP contribution in [0, 0.1) is 0 Å². The van der Waals surface area contributed by atoms with Gasteiger partial charge in [-0.3, -0.25) is 4.79 Å². The molecule has 0 aliphatic heterocycles. The molecular formula is C16H19NO2. The third kappa shape index (κ3) is 2.37. The van der Waals surface area contributed by atoms with Gasteiger partial charge in [0, 0.05) is 29.9 Å². The number of aromatic amines is 1. The number of hydrogen-bond acceptors (Lipinski definition) is 2. The van der Waals surface area contributed by atoms with Crippen LogP contribution in [-0.2, 0) is 4.79 Å². The molecule has 1 saturated carbocycles. The molecule has 0 atom stereocenters. The summed E-state index contributed by atoms with van der Waals surface area (Å²) in [6, 6.07) is 6.18. The largest absolute Gasteiger partial charge is 0.494 e. The van der Waals surface area contributed by atoms with Crippen molar-refractivity contribution in [3.63, 3.8) is 0 Å². The number of H-pyrrole nitrogens is 1. The summed E-state index contributed by atoms with van der Waals surface area (Å²) < 4.78 is 5.57. The average Bonchev–Trinajstić information content (AvgIpc) is 2.83. The summed E-state index contributed by atoms with van der Waals surface area (Å²) in [5, 5.41) is 1.24. The van der Waals surface area contributed by atoms with Gasteiger partial charge in [-0.1, -0.05) is 0 Å². The quantitative estimate of drug-likeness (QED) is 0.908. The number of ketones is 1. The predicted octanol–water partition coefficient (Wildman–Crippen LogP) is 3.79. The summed E-state index contributed by atoms with van der Waals surface area (Å²) >= 11 is 0. The topological polar surface area (TPSA) is 42.1 Å². The van der Waals surface area contributed by atoms with Crippen molar-refractivity contribution in [1.29, 1.82) is 0 Å². The fraction of sp³-hybridized carbons (Fsp3) is 0.438. The number of Topliss-reactive ketones (excluding diaryl/α,β-unsaturated/α-hetero) is 1. The molecule has 1 aliphatic carbocycles. The van der Waals surface area contributed by atoms with Crippen LogP contribution in [0.5, 0.6) is 5.75 Å². The lowest BCUT2D eigenvalue weighted by molar-refractivity contribution is -0.120. The van der Waals surface area contributed by atoms with Crippen LogP contribution in [0.1, 0.15) is 44.1 Å². The first-order valence-corrected chi connectivity index (χ1v) is 7.03. The van der Waals surface area contributed by atoms with E-state index >= 15 is 0 Å². The Morgan fingerprint density at radius 3 is 2.84 bits per heavy atom. The number of carbonyl (C=O) groups excluding carboxylic acids is 1. The van der Waals surface area contributed by atoms with Gasteiger partial charge in [-0.15, -0.1) is 0 Å². The Morgan fingerprint density at radius 1 is 1.32 bits per heavy atom. The zero-order chi connectivity index (χ0) is 13.2. The molecule has 1 aromatic heterocycles. The Kier molecular flexibility index (Phi) is 3.28. The van der Waals surface area contributed by atoms with E-state index in [9.17, 15) is 4.79 Å². The molecule has 1 fully saturated rings. The van der Waals surface area contributed by atoms with E-state index in [2.05, 4.69) is 23.3 Å². The highest BCUT2D eigenvalue weighted by Crippen LogP contribution is 2.36. The second-order valence-electron chi connectivity index (χ2n) is 5.20. The summed E-state index contributed by atoms with van der Waals surface area (Å²) in [4.78, 5) is 14.7. The van der Waals surface area contributed by atoms with Gasteiger partial charge in [0.2, 0.25) is 0 Å². The van der Waals surface area contributed by atoms with Crippen molar-refractivity contribution in [2.45, 2.75) is 38.5 Å². The van der Waals surface area contributed by atoms with Crippen LogP contribution in [0.15, 0.2) is 24.4 Å². The molecule has 0 spiro atoms. The number of ether oxygens (including phenoxy) is 1. The van der Waals surface area contributed by atoms with Gasteiger partial charge in [0.1, 0.15) is 11.5 Å². The molecule has 0 bridgehead atoms. The van der Waals surface area contributed by atoms with E-state index in [1.54, 1.807) is 0 Å². The number of carbonyl (C=O) groups is 1. The van der Waals surface area contributed by atoms with E-state index in [0.29, 0.717) is 18.3 Å². The molecule has 0 saturated heterocycles. The Labute approximate surface area is 113 Å². The molecule has 1 aliphatic rings. The van der Waals surface area contributed by atoms with E-state index in [1.165, 1.54) is 10.9 Å². The smallest absolute Gasteiger partial charge is 0.132 e. The first-order chi connectivity index (χ1) is 9.28. The highest BCUT2D eigenvalue weighted by molar-refractivity contribution is 5.86. The van der Waals surface area contributed by atoms with Crippen molar-refractivity contribution < 1.29 is 9.53 Å². The number of rotatable bonds is 3. The van der Waals surface area contributed by atoms with Crippen molar-refractivity contribution in [1.82, 2.24) is 4.98 Å². The molecule has 2 aromatic rings. The highest BCUT2D eigenvalue weighted by Gasteiger charge is 2.22. The summed E-state index contributed by atoms with van der Waals surface area (Å²) in [6.07, 6.45) is 5.50.